The van der Waals surface area contributed by atoms with Crippen LogP contribution >= 0.6 is 11.6 Å². The van der Waals surface area contributed by atoms with E-state index in [1.165, 1.54) is 5.56 Å². The van der Waals surface area contributed by atoms with E-state index in [9.17, 15) is 4.79 Å². The molecular weight excluding hydrogens is 384 g/mol. The van der Waals surface area contributed by atoms with Crippen molar-refractivity contribution in [3.05, 3.63) is 81.6 Å². The van der Waals surface area contributed by atoms with Gasteiger partial charge < -0.3 is 11.5 Å². The van der Waals surface area contributed by atoms with Crippen LogP contribution in [-0.4, -0.2) is 16.3 Å². The molecule has 0 unspecified atom stereocenters. The average molecular weight is 409 g/mol. The summed E-state index contributed by atoms with van der Waals surface area (Å²) in [6, 6.07) is 19.4. The topological polar surface area (TPSA) is 86.9 Å². The van der Waals surface area contributed by atoms with Crippen LogP contribution < -0.4 is 17.0 Å². The summed E-state index contributed by atoms with van der Waals surface area (Å²) in [5, 5.41) is 5.38. The number of anilines is 1. The van der Waals surface area contributed by atoms with E-state index >= 15 is 0 Å². The number of hydrogen-bond acceptors (Lipinski definition) is 4. The van der Waals surface area contributed by atoms with E-state index in [4.69, 9.17) is 23.1 Å². The van der Waals surface area contributed by atoms with Crippen LogP contribution in [0.3, 0.4) is 0 Å². The van der Waals surface area contributed by atoms with Gasteiger partial charge in [-0.05, 0) is 49.4 Å². The Morgan fingerprint density at radius 2 is 1.79 bits per heavy atom. The summed E-state index contributed by atoms with van der Waals surface area (Å²) in [4.78, 5) is 12.7. The quantitative estimate of drug-likeness (QED) is 0.678. The van der Waals surface area contributed by atoms with Crippen LogP contribution in [0.25, 0.3) is 11.3 Å². The minimum absolute atomic E-state index is 0.00678. The lowest BCUT2D eigenvalue weighted by atomic mass is 9.68. The second-order valence-corrected chi connectivity index (χ2v) is 8.26. The summed E-state index contributed by atoms with van der Waals surface area (Å²) in [5.74, 6) is 0. The van der Waals surface area contributed by atoms with Crippen molar-refractivity contribution in [2.24, 2.45) is 5.73 Å². The molecular formula is C23H25ClN4O. The third kappa shape index (κ3) is 3.80. The molecule has 1 heterocycles. The summed E-state index contributed by atoms with van der Waals surface area (Å²) < 4.78 is 1.58. The van der Waals surface area contributed by atoms with Crippen molar-refractivity contribution < 1.29 is 0 Å². The number of halogens is 1. The first-order chi connectivity index (χ1) is 14.0. The first-order valence-corrected chi connectivity index (χ1v) is 10.3. The molecule has 0 bridgehead atoms. The van der Waals surface area contributed by atoms with Crippen molar-refractivity contribution in [2.75, 3.05) is 12.3 Å². The molecule has 1 saturated carbocycles. The van der Waals surface area contributed by atoms with Gasteiger partial charge in [-0.2, -0.15) is 5.10 Å². The van der Waals surface area contributed by atoms with Gasteiger partial charge >= 0.3 is 0 Å². The van der Waals surface area contributed by atoms with Crippen molar-refractivity contribution in [3.8, 4) is 11.3 Å². The summed E-state index contributed by atoms with van der Waals surface area (Å²) in [6.07, 6.45) is 3.37. The summed E-state index contributed by atoms with van der Waals surface area (Å²) in [6.45, 7) is 0.550. The number of benzene rings is 2. The monoisotopic (exact) mass is 408 g/mol. The minimum Gasteiger partial charge on any atom is -0.394 e. The Hall–Kier alpha value is -2.63. The van der Waals surface area contributed by atoms with Gasteiger partial charge in [0.1, 0.15) is 5.69 Å². The van der Waals surface area contributed by atoms with Gasteiger partial charge in [0.05, 0.1) is 11.7 Å². The van der Waals surface area contributed by atoms with E-state index in [2.05, 4.69) is 11.2 Å². The Labute approximate surface area is 175 Å². The maximum atomic E-state index is 12.7. The molecule has 1 aromatic heterocycles. The van der Waals surface area contributed by atoms with Crippen molar-refractivity contribution >= 4 is 17.3 Å². The maximum absolute atomic E-state index is 12.7. The fraction of sp³-hybridized carbons (Fsp3) is 0.304. The molecule has 0 radical (unpaired) electrons. The highest BCUT2D eigenvalue weighted by atomic mass is 35.5. The zero-order valence-electron chi connectivity index (χ0n) is 16.2. The highest BCUT2D eigenvalue weighted by molar-refractivity contribution is 6.30. The molecule has 4 rings (SSSR count). The standard InChI is InChI=1S/C23H25ClN4O/c24-18-8-4-7-17(13-18)23(15-25)11-9-19(10-12-23)28-22(29)20(26)14-21(27-28)16-5-2-1-3-6-16/h1-8,13-14,19H,9-12,15,25-26H2/t19-,23+. The van der Waals surface area contributed by atoms with Crippen LogP contribution in [0.4, 0.5) is 5.69 Å². The Morgan fingerprint density at radius 1 is 1.07 bits per heavy atom. The van der Waals surface area contributed by atoms with Crippen LogP contribution in [-0.2, 0) is 5.41 Å². The third-order valence-corrected chi connectivity index (χ3v) is 6.35. The fourth-order valence-corrected chi connectivity index (χ4v) is 4.55. The fourth-order valence-electron chi connectivity index (χ4n) is 4.36. The number of nitrogens with zero attached hydrogens (tertiary/aromatic N) is 2. The van der Waals surface area contributed by atoms with Gasteiger partial charge in [-0.15, -0.1) is 0 Å². The molecule has 0 amide bonds. The normalized spacial score (nSPS) is 21.8. The first-order valence-electron chi connectivity index (χ1n) is 9.93. The van der Waals surface area contributed by atoms with Gasteiger partial charge in [0, 0.05) is 22.5 Å². The van der Waals surface area contributed by atoms with Gasteiger partial charge in [0.15, 0.2) is 0 Å². The molecule has 0 atom stereocenters. The Kier molecular flexibility index (Phi) is 5.43. The molecule has 1 fully saturated rings. The largest absolute Gasteiger partial charge is 0.394 e. The second-order valence-electron chi connectivity index (χ2n) is 7.83. The van der Waals surface area contributed by atoms with Gasteiger partial charge in [-0.3, -0.25) is 4.79 Å². The van der Waals surface area contributed by atoms with Crippen molar-refractivity contribution in [2.45, 2.75) is 37.1 Å². The molecule has 29 heavy (non-hydrogen) atoms. The van der Waals surface area contributed by atoms with Gasteiger partial charge in [-0.1, -0.05) is 54.1 Å². The van der Waals surface area contributed by atoms with Gasteiger partial charge in [0.25, 0.3) is 5.56 Å². The van der Waals surface area contributed by atoms with E-state index in [1.807, 2.05) is 48.5 Å². The predicted octanol–water partition coefficient (Wildman–Crippen LogP) is 4.16. The zero-order valence-corrected chi connectivity index (χ0v) is 17.0. The smallest absolute Gasteiger partial charge is 0.290 e. The molecule has 1 aliphatic carbocycles. The lowest BCUT2D eigenvalue weighted by molar-refractivity contribution is 0.222. The Bertz CT molecular complexity index is 1060. The summed E-state index contributed by atoms with van der Waals surface area (Å²) in [7, 11) is 0. The highest BCUT2D eigenvalue weighted by Gasteiger charge is 2.37. The van der Waals surface area contributed by atoms with E-state index in [-0.39, 0.29) is 22.7 Å². The molecule has 6 heteroatoms. The van der Waals surface area contributed by atoms with E-state index in [1.54, 1.807) is 10.7 Å². The molecule has 3 aromatic rings. The lowest BCUT2D eigenvalue weighted by Crippen LogP contribution is -2.41. The molecule has 150 valence electrons. The molecule has 5 nitrogen and oxygen atoms in total. The van der Waals surface area contributed by atoms with E-state index < -0.39 is 0 Å². The number of hydrogen-bond donors (Lipinski definition) is 2. The molecule has 0 spiro atoms. The lowest BCUT2D eigenvalue weighted by Gasteiger charge is -2.40. The van der Waals surface area contributed by atoms with Crippen molar-refractivity contribution in [1.82, 2.24) is 9.78 Å². The van der Waals surface area contributed by atoms with Crippen molar-refractivity contribution in [1.29, 1.82) is 0 Å². The molecule has 4 N–H and O–H groups in total. The SMILES string of the molecule is NC[C@]1(c2cccc(Cl)c2)CC[C@@H](n2nc(-c3ccccc3)cc(N)c2=O)CC1. The Morgan fingerprint density at radius 3 is 2.45 bits per heavy atom. The number of rotatable bonds is 4. The number of nitrogens with two attached hydrogens (primary N) is 2. The third-order valence-electron chi connectivity index (χ3n) is 6.12. The predicted molar refractivity (Wildman–Crippen MR) is 118 cm³/mol. The molecule has 0 saturated heterocycles. The molecule has 1 aliphatic rings. The Balaban J connectivity index is 1.63. The zero-order chi connectivity index (χ0) is 20.4. The first kappa shape index (κ1) is 19.7. The molecule has 2 aromatic carbocycles. The second kappa shape index (κ2) is 8.01. The van der Waals surface area contributed by atoms with E-state index in [0.717, 1.165) is 36.3 Å². The molecule has 0 aliphatic heterocycles. The average Bonchev–Trinajstić information content (AvgIpc) is 2.76. The minimum atomic E-state index is -0.224. The van der Waals surface area contributed by atoms with Crippen LogP contribution in [0.15, 0.2) is 65.5 Å². The van der Waals surface area contributed by atoms with Gasteiger partial charge in [0.2, 0.25) is 0 Å². The highest BCUT2D eigenvalue weighted by Crippen LogP contribution is 2.42. The number of nitrogen functional groups attached to an aromatic ring is 1. The number of aromatic nitrogens is 2. The maximum Gasteiger partial charge on any atom is 0.290 e. The van der Waals surface area contributed by atoms with Crippen LogP contribution in [0.5, 0.6) is 0 Å². The summed E-state index contributed by atoms with van der Waals surface area (Å²) in [5.41, 5.74) is 15.0. The van der Waals surface area contributed by atoms with Crippen LogP contribution in [0.2, 0.25) is 5.02 Å². The summed E-state index contributed by atoms with van der Waals surface area (Å²) >= 11 is 6.21. The van der Waals surface area contributed by atoms with Gasteiger partial charge in [-0.25, -0.2) is 4.68 Å². The van der Waals surface area contributed by atoms with E-state index in [0.29, 0.717) is 12.2 Å². The van der Waals surface area contributed by atoms with Crippen LogP contribution in [0, 0.1) is 0 Å². The van der Waals surface area contributed by atoms with Crippen LogP contribution in [0.1, 0.15) is 37.3 Å². The van der Waals surface area contributed by atoms with Crippen molar-refractivity contribution in [3.63, 3.8) is 0 Å².